The summed E-state index contributed by atoms with van der Waals surface area (Å²) in [6.45, 7) is -1.22. The molecule has 1 heterocycles. The minimum atomic E-state index is -8.01. The number of halogens is 16. The Morgan fingerprint density at radius 2 is 1.11 bits per heavy atom. The summed E-state index contributed by atoms with van der Waals surface area (Å²) < 4.78 is 218. The van der Waals surface area contributed by atoms with Crippen molar-refractivity contribution in [2.45, 2.75) is 54.2 Å². The molecule has 1 saturated heterocycles. The Morgan fingerprint density at radius 1 is 0.743 bits per heavy atom. The minimum absolute atomic E-state index is 0.0106. The maximum absolute atomic E-state index is 14.6. The molecule has 35 heavy (non-hydrogen) atoms. The van der Waals surface area contributed by atoms with Crippen molar-refractivity contribution in [3.05, 3.63) is 0 Å². The van der Waals surface area contributed by atoms with Crippen LogP contribution in [0.2, 0.25) is 0 Å². The molecule has 1 aliphatic rings. The standard InChI is InChI=1S/C15H15F16N3O/c1-34(2,3)6-4-5-32-7(35)8(16,12(23,24)25)13(26,27)33-14(28,29)10(19,20)9(17,18)11(21,22)15(33,30)31/h4-6H2,1-3H3/p+1. The number of carbonyl (C=O) groups is 1. The normalized spacial score (nSPS) is 25.6. The fraction of sp³-hybridized carbons (Fsp3) is 0.933. The van der Waals surface area contributed by atoms with E-state index in [2.05, 4.69) is 0 Å². The minimum Gasteiger partial charge on any atom is -0.353 e. The van der Waals surface area contributed by atoms with Crippen molar-refractivity contribution in [2.75, 3.05) is 34.2 Å². The summed E-state index contributed by atoms with van der Waals surface area (Å²) in [6, 6.07) is -23.9. The Morgan fingerprint density at radius 3 is 1.43 bits per heavy atom. The number of nitrogens with one attached hydrogen (secondary N) is 1. The lowest BCUT2D eigenvalue weighted by atomic mass is 9.89. The molecule has 0 saturated carbocycles. The first kappa shape index (κ1) is 31.3. The lowest BCUT2D eigenvalue weighted by Crippen LogP contribution is -2.87. The monoisotopic (exact) mass is 558 g/mol. The third-order valence-corrected chi connectivity index (χ3v) is 4.80. The van der Waals surface area contributed by atoms with Crippen molar-refractivity contribution in [1.82, 2.24) is 10.2 Å². The highest BCUT2D eigenvalue weighted by Gasteiger charge is 3.00. The summed E-state index contributed by atoms with van der Waals surface area (Å²) in [4.78, 5) is 7.34. The first-order valence-electron chi connectivity index (χ1n) is 8.91. The fourth-order valence-electron chi connectivity index (χ4n) is 2.85. The number of quaternary nitrogens is 1. The third-order valence-electron chi connectivity index (χ3n) is 4.80. The van der Waals surface area contributed by atoms with Crippen LogP contribution in [-0.4, -0.2) is 97.3 Å². The molecule has 0 radical (unpaired) electrons. The average Bonchev–Trinajstić information content (AvgIpc) is 2.60. The largest absolute Gasteiger partial charge is 0.439 e. The van der Waals surface area contributed by atoms with Crippen LogP contribution in [0.4, 0.5) is 70.2 Å². The molecule has 0 aromatic carbocycles. The van der Waals surface area contributed by atoms with Gasteiger partial charge in [0, 0.05) is 13.0 Å². The second-order valence-electron chi connectivity index (χ2n) is 8.46. The Kier molecular flexibility index (Phi) is 7.28. The Labute approximate surface area is 185 Å². The summed E-state index contributed by atoms with van der Waals surface area (Å²) >= 11 is 0. The summed E-state index contributed by atoms with van der Waals surface area (Å²) in [7, 11) is 4.38. The van der Waals surface area contributed by atoms with Crippen LogP contribution in [0.25, 0.3) is 0 Å². The van der Waals surface area contributed by atoms with E-state index in [-0.39, 0.29) is 11.0 Å². The van der Waals surface area contributed by atoms with Gasteiger partial charge in [0.2, 0.25) is 0 Å². The summed E-state index contributed by atoms with van der Waals surface area (Å²) in [5.41, 5.74) is -7.33. The lowest BCUT2D eigenvalue weighted by Gasteiger charge is -2.54. The molecular formula is C15H16F16N3O+. The van der Waals surface area contributed by atoms with Crippen LogP contribution in [0.15, 0.2) is 0 Å². The molecule has 4 nitrogen and oxygen atoms in total. The van der Waals surface area contributed by atoms with Crippen molar-refractivity contribution in [1.29, 1.82) is 0 Å². The van der Waals surface area contributed by atoms with Gasteiger partial charge >= 0.3 is 47.8 Å². The molecule has 0 spiro atoms. The van der Waals surface area contributed by atoms with Crippen LogP contribution in [0.3, 0.4) is 0 Å². The molecule has 1 fully saturated rings. The first-order valence-corrected chi connectivity index (χ1v) is 8.91. The number of piperidine rings is 1. The van der Waals surface area contributed by atoms with Crippen LogP contribution in [0.5, 0.6) is 0 Å². The van der Waals surface area contributed by atoms with E-state index in [1.54, 1.807) is 0 Å². The van der Waals surface area contributed by atoms with Crippen LogP contribution in [-0.2, 0) is 4.79 Å². The average molecular weight is 558 g/mol. The highest BCUT2D eigenvalue weighted by molar-refractivity contribution is 5.87. The number of carbonyl (C=O) groups excluding carboxylic acids is 1. The van der Waals surface area contributed by atoms with Gasteiger partial charge in [-0.05, 0) is 0 Å². The van der Waals surface area contributed by atoms with Gasteiger partial charge in [0.25, 0.3) is 5.91 Å². The van der Waals surface area contributed by atoms with Crippen molar-refractivity contribution < 1.29 is 79.5 Å². The van der Waals surface area contributed by atoms with Crippen molar-refractivity contribution in [3.63, 3.8) is 0 Å². The third kappa shape index (κ3) is 4.16. The first-order chi connectivity index (χ1) is 15.0. The van der Waals surface area contributed by atoms with Crippen molar-refractivity contribution >= 4 is 5.91 Å². The molecule has 20 heteroatoms. The van der Waals surface area contributed by atoms with Gasteiger partial charge in [0.1, 0.15) is 0 Å². The van der Waals surface area contributed by atoms with Crippen LogP contribution >= 0.6 is 0 Å². The van der Waals surface area contributed by atoms with Gasteiger partial charge in [0.15, 0.2) is 0 Å². The molecule has 0 bridgehead atoms. The number of alkyl halides is 16. The van der Waals surface area contributed by atoms with Crippen LogP contribution < -0.4 is 5.32 Å². The Hall–Kier alpha value is -1.73. The SMILES string of the molecule is C[N+](C)(C)CCCNC(=O)C(F)(C(F)(F)F)C(F)(F)N1C(F)(F)C(F)(F)C(F)(F)C(F)(F)C1(F)F. The Balaban J connectivity index is 3.73. The lowest BCUT2D eigenvalue weighted by molar-refractivity contribution is -0.870. The highest BCUT2D eigenvalue weighted by atomic mass is 19.4. The second kappa shape index (κ2) is 8.14. The predicted octanol–water partition coefficient (Wildman–Crippen LogP) is 4.47. The van der Waals surface area contributed by atoms with E-state index in [0.717, 1.165) is 5.32 Å². The molecule has 0 aromatic rings. The summed E-state index contributed by atoms with van der Waals surface area (Å²) in [5, 5.41) is 0.796. The number of hydrogen-bond acceptors (Lipinski definition) is 2. The van der Waals surface area contributed by atoms with Crippen molar-refractivity contribution in [2.24, 2.45) is 0 Å². The Bertz CT molecular complexity index is 788. The molecule has 208 valence electrons. The van der Waals surface area contributed by atoms with Gasteiger partial charge in [0.05, 0.1) is 27.7 Å². The molecule has 1 rings (SSSR count). The molecule has 1 amide bonds. The second-order valence-corrected chi connectivity index (χ2v) is 8.46. The van der Waals surface area contributed by atoms with E-state index in [0.29, 0.717) is 0 Å². The maximum Gasteiger partial charge on any atom is 0.439 e. The molecule has 0 aromatic heterocycles. The zero-order valence-corrected chi connectivity index (χ0v) is 17.5. The van der Waals surface area contributed by atoms with Gasteiger partial charge in [-0.2, -0.15) is 65.9 Å². The zero-order chi connectivity index (χ0) is 28.5. The van der Waals surface area contributed by atoms with Gasteiger partial charge in [-0.3, -0.25) is 4.79 Å². The van der Waals surface area contributed by atoms with Gasteiger partial charge in [-0.1, -0.05) is 0 Å². The van der Waals surface area contributed by atoms with Gasteiger partial charge in [-0.15, -0.1) is 4.90 Å². The van der Waals surface area contributed by atoms with Crippen LogP contribution in [0, 0.1) is 0 Å². The van der Waals surface area contributed by atoms with Gasteiger partial charge < -0.3 is 9.80 Å². The smallest absolute Gasteiger partial charge is 0.353 e. The number of nitrogens with zero attached hydrogens (tertiary/aromatic N) is 2. The van der Waals surface area contributed by atoms with Gasteiger partial charge in [-0.25, -0.2) is 4.39 Å². The zero-order valence-electron chi connectivity index (χ0n) is 17.5. The molecule has 1 aliphatic heterocycles. The predicted molar refractivity (Wildman–Crippen MR) is 81.9 cm³/mol. The van der Waals surface area contributed by atoms with E-state index in [4.69, 9.17) is 0 Å². The fourth-order valence-corrected chi connectivity index (χ4v) is 2.85. The van der Waals surface area contributed by atoms with E-state index >= 15 is 0 Å². The molecule has 0 aliphatic carbocycles. The topological polar surface area (TPSA) is 32.3 Å². The summed E-state index contributed by atoms with van der Waals surface area (Å²) in [6.07, 6.45) is -7.94. The molecular weight excluding hydrogens is 542 g/mol. The molecule has 1 unspecified atom stereocenters. The number of likely N-dealkylation sites (tertiary alicyclic amines) is 1. The molecule has 1 atom stereocenters. The number of hydrogen-bond donors (Lipinski definition) is 1. The van der Waals surface area contributed by atoms with Crippen LogP contribution in [0.1, 0.15) is 6.42 Å². The van der Waals surface area contributed by atoms with Crippen molar-refractivity contribution in [3.8, 4) is 0 Å². The number of rotatable bonds is 7. The highest BCUT2D eigenvalue weighted by Crippen LogP contribution is 2.68. The van der Waals surface area contributed by atoms with E-state index < -0.39 is 71.5 Å². The number of amides is 1. The van der Waals surface area contributed by atoms with E-state index in [9.17, 15) is 75.0 Å². The molecule has 1 N–H and O–H groups in total. The maximum atomic E-state index is 14.6. The van der Waals surface area contributed by atoms with E-state index in [1.165, 1.54) is 21.1 Å². The quantitative estimate of drug-likeness (QED) is 0.217. The van der Waals surface area contributed by atoms with E-state index in [1.807, 2.05) is 0 Å². The summed E-state index contributed by atoms with van der Waals surface area (Å²) in [5.74, 6) is -27.4.